The number of aromatic nitrogens is 1. The van der Waals surface area contributed by atoms with Crippen LogP contribution in [0.1, 0.15) is 20.7 Å². The van der Waals surface area contributed by atoms with Crippen LogP contribution in [0.15, 0.2) is 35.3 Å². The van der Waals surface area contributed by atoms with Crippen molar-refractivity contribution in [2.75, 3.05) is 0 Å². The SMILES string of the molecule is O=C(O)c1ccc2c(c1)-n1cc(C(=O)O)c(=O)c3cc(F)c(F)c(c31)O2. The number of benzene rings is 2. The summed E-state index contributed by atoms with van der Waals surface area (Å²) in [5.74, 6) is -6.13. The van der Waals surface area contributed by atoms with Gasteiger partial charge in [0.2, 0.25) is 11.2 Å². The molecule has 26 heavy (non-hydrogen) atoms. The van der Waals surface area contributed by atoms with E-state index < -0.39 is 45.7 Å². The van der Waals surface area contributed by atoms with Crippen molar-refractivity contribution in [1.29, 1.82) is 0 Å². The maximum absolute atomic E-state index is 14.2. The highest BCUT2D eigenvalue weighted by molar-refractivity contribution is 5.97. The molecule has 4 rings (SSSR count). The second-order valence-electron chi connectivity index (χ2n) is 5.53. The fraction of sp³-hybridized carbons (Fsp3) is 0. The number of hydrogen-bond acceptors (Lipinski definition) is 4. The number of carboxylic acid groups (broad SMARTS) is 2. The van der Waals surface area contributed by atoms with Crippen LogP contribution in [-0.4, -0.2) is 26.7 Å². The molecule has 0 aliphatic carbocycles. The summed E-state index contributed by atoms with van der Waals surface area (Å²) in [6, 6.07) is 4.20. The van der Waals surface area contributed by atoms with Crippen molar-refractivity contribution >= 4 is 22.8 Å². The Balaban J connectivity index is 2.22. The van der Waals surface area contributed by atoms with Gasteiger partial charge < -0.3 is 19.5 Å². The van der Waals surface area contributed by atoms with Crippen molar-refractivity contribution in [1.82, 2.24) is 4.57 Å². The van der Waals surface area contributed by atoms with Crippen LogP contribution in [0, 0.1) is 11.6 Å². The van der Waals surface area contributed by atoms with Crippen molar-refractivity contribution in [2.45, 2.75) is 0 Å². The van der Waals surface area contributed by atoms with Crippen LogP contribution in [-0.2, 0) is 0 Å². The van der Waals surface area contributed by atoms with E-state index in [1.54, 1.807) is 0 Å². The van der Waals surface area contributed by atoms with Crippen LogP contribution >= 0.6 is 0 Å². The molecule has 0 spiro atoms. The van der Waals surface area contributed by atoms with E-state index in [2.05, 4.69) is 0 Å². The van der Waals surface area contributed by atoms with Crippen molar-refractivity contribution in [3.63, 3.8) is 0 Å². The average Bonchev–Trinajstić information content (AvgIpc) is 2.60. The number of fused-ring (bicyclic) bond motifs is 2. The zero-order valence-electron chi connectivity index (χ0n) is 12.6. The smallest absolute Gasteiger partial charge is 0.341 e. The number of hydrogen-bond donors (Lipinski definition) is 2. The largest absolute Gasteiger partial charge is 0.478 e. The van der Waals surface area contributed by atoms with Gasteiger partial charge >= 0.3 is 11.9 Å². The number of nitrogens with zero attached hydrogens (tertiary/aromatic N) is 1. The Bertz CT molecular complexity index is 1210. The minimum Gasteiger partial charge on any atom is -0.478 e. The minimum absolute atomic E-state index is 0.0201. The van der Waals surface area contributed by atoms with Crippen LogP contribution in [0.3, 0.4) is 0 Å². The Labute approximate surface area is 142 Å². The molecule has 0 fully saturated rings. The van der Waals surface area contributed by atoms with Crippen molar-refractivity contribution in [2.24, 2.45) is 0 Å². The zero-order chi connectivity index (χ0) is 18.7. The van der Waals surface area contributed by atoms with Crippen molar-refractivity contribution in [3.8, 4) is 17.2 Å². The summed E-state index contributed by atoms with van der Waals surface area (Å²) in [5.41, 5.74) is -1.93. The molecule has 3 aromatic rings. The normalized spacial score (nSPS) is 11.8. The van der Waals surface area contributed by atoms with E-state index in [1.807, 2.05) is 0 Å². The molecule has 1 aliphatic rings. The average molecular weight is 359 g/mol. The third kappa shape index (κ3) is 2.00. The monoisotopic (exact) mass is 359 g/mol. The molecule has 0 saturated carbocycles. The van der Waals surface area contributed by atoms with Gasteiger partial charge in [0.1, 0.15) is 11.1 Å². The molecule has 0 atom stereocenters. The number of pyridine rings is 1. The lowest BCUT2D eigenvalue weighted by molar-refractivity contribution is 0.0684. The molecule has 0 unspecified atom stereocenters. The number of carbonyl (C=O) groups is 2. The van der Waals surface area contributed by atoms with E-state index in [-0.39, 0.29) is 22.5 Å². The Morgan fingerprint density at radius 2 is 1.81 bits per heavy atom. The van der Waals surface area contributed by atoms with Crippen LogP contribution < -0.4 is 10.2 Å². The van der Waals surface area contributed by atoms with E-state index in [0.29, 0.717) is 6.07 Å². The maximum Gasteiger partial charge on any atom is 0.341 e. The summed E-state index contributed by atoms with van der Waals surface area (Å²) in [6.45, 7) is 0. The molecule has 0 radical (unpaired) electrons. The Morgan fingerprint density at radius 3 is 2.46 bits per heavy atom. The number of rotatable bonds is 2. The summed E-state index contributed by atoms with van der Waals surface area (Å²) in [4.78, 5) is 34.9. The first kappa shape index (κ1) is 15.8. The third-order valence-corrected chi connectivity index (χ3v) is 4.05. The lowest BCUT2D eigenvalue weighted by Gasteiger charge is -2.24. The highest BCUT2D eigenvalue weighted by Gasteiger charge is 2.29. The van der Waals surface area contributed by atoms with Crippen LogP contribution in [0.4, 0.5) is 8.78 Å². The molecule has 0 amide bonds. The predicted octanol–water partition coefficient (Wildman–Crippen LogP) is 2.77. The zero-order valence-corrected chi connectivity index (χ0v) is 12.6. The minimum atomic E-state index is -1.56. The van der Waals surface area contributed by atoms with E-state index in [9.17, 15) is 28.3 Å². The number of carboxylic acids is 2. The van der Waals surface area contributed by atoms with Gasteiger partial charge in [-0.25, -0.2) is 14.0 Å². The van der Waals surface area contributed by atoms with Gasteiger partial charge in [-0.3, -0.25) is 4.79 Å². The molecule has 2 aromatic carbocycles. The van der Waals surface area contributed by atoms with E-state index in [0.717, 1.165) is 10.8 Å². The molecule has 1 aliphatic heterocycles. The van der Waals surface area contributed by atoms with Crippen LogP contribution in [0.25, 0.3) is 16.6 Å². The van der Waals surface area contributed by atoms with E-state index >= 15 is 0 Å². The Morgan fingerprint density at radius 1 is 1.08 bits per heavy atom. The summed E-state index contributed by atoms with van der Waals surface area (Å²) >= 11 is 0. The molecule has 130 valence electrons. The second-order valence-corrected chi connectivity index (χ2v) is 5.53. The molecule has 9 heteroatoms. The van der Waals surface area contributed by atoms with Gasteiger partial charge in [-0.2, -0.15) is 4.39 Å². The Hall–Kier alpha value is -3.75. The van der Waals surface area contributed by atoms with Gasteiger partial charge in [0.15, 0.2) is 17.3 Å². The molecule has 2 N–H and O–H groups in total. The molecule has 0 saturated heterocycles. The van der Waals surface area contributed by atoms with Gasteiger partial charge in [0, 0.05) is 6.20 Å². The van der Waals surface area contributed by atoms with Gasteiger partial charge in [0.05, 0.1) is 16.6 Å². The molecule has 1 aromatic heterocycles. The number of ether oxygens (including phenoxy) is 1. The summed E-state index contributed by atoms with van der Waals surface area (Å²) < 4.78 is 34.5. The van der Waals surface area contributed by atoms with Gasteiger partial charge in [0.25, 0.3) is 0 Å². The molecule has 2 heterocycles. The topological polar surface area (TPSA) is 106 Å². The standard InChI is InChI=1S/C17H7F2NO6/c18-9-4-7-13-15(12(9)19)26-11-2-1-6(16(22)23)3-10(11)20(13)5-8(14(7)21)17(24)25/h1-5H,(H,22,23)(H,24,25). The first-order valence-corrected chi connectivity index (χ1v) is 7.16. The van der Waals surface area contributed by atoms with Crippen LogP contribution in [0.2, 0.25) is 0 Å². The number of aromatic carboxylic acids is 2. The molecular formula is C17H7F2NO6. The third-order valence-electron chi connectivity index (χ3n) is 4.05. The first-order chi connectivity index (χ1) is 12.3. The predicted molar refractivity (Wildman–Crippen MR) is 83.5 cm³/mol. The van der Waals surface area contributed by atoms with Gasteiger partial charge in [-0.1, -0.05) is 0 Å². The van der Waals surface area contributed by atoms with Gasteiger partial charge in [-0.15, -0.1) is 0 Å². The van der Waals surface area contributed by atoms with E-state index in [1.165, 1.54) is 18.2 Å². The summed E-state index contributed by atoms with van der Waals surface area (Å²) in [5, 5.41) is 18.0. The van der Waals surface area contributed by atoms with Crippen molar-refractivity contribution in [3.05, 3.63) is 63.4 Å². The van der Waals surface area contributed by atoms with Crippen LogP contribution in [0.5, 0.6) is 11.5 Å². The fourth-order valence-corrected chi connectivity index (χ4v) is 2.87. The molecular weight excluding hydrogens is 352 g/mol. The highest BCUT2D eigenvalue weighted by Crippen LogP contribution is 2.42. The molecule has 0 bridgehead atoms. The maximum atomic E-state index is 14.2. The number of halogens is 2. The second kappa shape index (κ2) is 5.12. The lowest BCUT2D eigenvalue weighted by Crippen LogP contribution is -2.21. The first-order valence-electron chi connectivity index (χ1n) is 7.16. The quantitative estimate of drug-likeness (QED) is 0.570. The van der Waals surface area contributed by atoms with Crippen molar-refractivity contribution < 1.29 is 33.3 Å². The summed E-state index contributed by atoms with van der Waals surface area (Å²) in [6.07, 6.45) is 0.931. The molecule has 7 nitrogen and oxygen atoms in total. The van der Waals surface area contributed by atoms with Gasteiger partial charge in [-0.05, 0) is 24.3 Å². The highest BCUT2D eigenvalue weighted by atomic mass is 19.2. The van der Waals surface area contributed by atoms with E-state index in [4.69, 9.17) is 9.84 Å². The summed E-state index contributed by atoms with van der Waals surface area (Å²) in [7, 11) is 0. The fourth-order valence-electron chi connectivity index (χ4n) is 2.87. The lowest BCUT2D eigenvalue weighted by atomic mass is 10.1. The Kier molecular flexibility index (Phi) is 3.10.